The van der Waals surface area contributed by atoms with Gasteiger partial charge in [0.25, 0.3) is 11.8 Å². The van der Waals surface area contributed by atoms with E-state index >= 15 is 0 Å². The van der Waals surface area contributed by atoms with E-state index in [1.807, 2.05) is 54.7 Å². The van der Waals surface area contributed by atoms with Gasteiger partial charge < -0.3 is 15.2 Å². The number of H-pyrrole nitrogens is 1. The van der Waals surface area contributed by atoms with Crippen LogP contribution >= 0.6 is 0 Å². The number of para-hydroxylation sites is 2. The Morgan fingerprint density at radius 3 is 2.63 bits per heavy atom. The summed E-state index contributed by atoms with van der Waals surface area (Å²) in [6, 6.07) is 20.6. The first-order valence-electron chi connectivity index (χ1n) is 9.76. The van der Waals surface area contributed by atoms with Gasteiger partial charge in [0, 0.05) is 48.1 Å². The molecule has 0 aliphatic heterocycles. The summed E-state index contributed by atoms with van der Waals surface area (Å²) in [5.41, 5.74) is 3.64. The fraction of sp³-hybridized carbons (Fsp3) is 0.125. The molecule has 4 rings (SSSR count). The zero-order chi connectivity index (χ0) is 20.9. The van der Waals surface area contributed by atoms with Crippen LogP contribution in [0.2, 0.25) is 0 Å². The molecule has 2 amide bonds. The summed E-state index contributed by atoms with van der Waals surface area (Å²) in [6.45, 7) is 0.477. The summed E-state index contributed by atoms with van der Waals surface area (Å²) in [5.74, 6) is -0.497. The largest absolute Gasteiger partial charge is 0.361 e. The lowest BCUT2D eigenvalue weighted by Crippen LogP contribution is -2.28. The van der Waals surface area contributed by atoms with Crippen LogP contribution < -0.4 is 10.2 Å². The molecule has 0 fully saturated rings. The van der Waals surface area contributed by atoms with Gasteiger partial charge in [0.1, 0.15) is 5.69 Å². The Morgan fingerprint density at radius 1 is 1.03 bits per heavy atom. The molecule has 2 aromatic carbocycles. The minimum atomic E-state index is -0.299. The molecule has 0 spiro atoms. The number of aromatic nitrogens is 2. The number of fused-ring (bicyclic) bond motifs is 1. The standard InChI is InChI=1S/C24H22N4O2/c1-28(19-7-3-2-4-8-19)24(30)17-11-13-25-22(15-17)23(29)26-14-12-18-16-27-21-10-6-5-9-20(18)21/h2-11,13,15-16,27H,12,14H2,1H3,(H,26,29). The minimum absolute atomic E-state index is 0.198. The van der Waals surface area contributed by atoms with Gasteiger partial charge in [0.15, 0.2) is 0 Å². The summed E-state index contributed by atoms with van der Waals surface area (Å²) in [7, 11) is 1.71. The predicted molar refractivity (Wildman–Crippen MR) is 118 cm³/mol. The lowest BCUT2D eigenvalue weighted by Gasteiger charge is -2.17. The number of rotatable bonds is 6. The summed E-state index contributed by atoms with van der Waals surface area (Å²) in [4.78, 5) is 34.2. The van der Waals surface area contributed by atoms with Gasteiger partial charge in [0.2, 0.25) is 0 Å². The van der Waals surface area contributed by atoms with E-state index in [1.54, 1.807) is 18.0 Å². The van der Waals surface area contributed by atoms with Gasteiger partial charge in [-0.05, 0) is 42.3 Å². The van der Waals surface area contributed by atoms with Crippen LogP contribution in [-0.4, -0.2) is 35.4 Å². The van der Waals surface area contributed by atoms with Crippen molar-refractivity contribution in [2.45, 2.75) is 6.42 Å². The van der Waals surface area contributed by atoms with Gasteiger partial charge in [-0.25, -0.2) is 0 Å². The number of aromatic amines is 1. The third-order valence-corrected chi connectivity index (χ3v) is 5.04. The maximum absolute atomic E-state index is 12.8. The second-order valence-electron chi connectivity index (χ2n) is 6.99. The van der Waals surface area contributed by atoms with Crippen LogP contribution in [0.1, 0.15) is 26.4 Å². The van der Waals surface area contributed by atoms with Crippen molar-refractivity contribution in [1.29, 1.82) is 0 Å². The van der Waals surface area contributed by atoms with E-state index in [0.29, 0.717) is 18.5 Å². The number of pyridine rings is 1. The molecule has 2 N–H and O–H groups in total. The van der Waals surface area contributed by atoms with Crippen LogP contribution in [-0.2, 0) is 6.42 Å². The fourth-order valence-corrected chi connectivity index (χ4v) is 3.39. The van der Waals surface area contributed by atoms with Gasteiger partial charge in [-0.2, -0.15) is 0 Å². The molecule has 6 nitrogen and oxygen atoms in total. The average molecular weight is 398 g/mol. The molecular formula is C24H22N4O2. The number of benzene rings is 2. The summed E-state index contributed by atoms with van der Waals surface area (Å²) >= 11 is 0. The number of hydrogen-bond donors (Lipinski definition) is 2. The van der Waals surface area contributed by atoms with E-state index in [-0.39, 0.29) is 17.5 Å². The number of nitrogens with zero attached hydrogens (tertiary/aromatic N) is 2. The number of carbonyl (C=O) groups excluding carboxylic acids is 2. The SMILES string of the molecule is CN(C(=O)c1ccnc(C(=O)NCCc2c[nH]c3ccccc23)c1)c1ccccc1. The molecule has 2 heterocycles. The van der Waals surface area contributed by atoms with Crippen LogP contribution in [0.15, 0.2) is 79.1 Å². The Kier molecular flexibility index (Phi) is 5.57. The molecule has 0 radical (unpaired) electrons. The Balaban J connectivity index is 1.40. The first kappa shape index (κ1) is 19.4. The average Bonchev–Trinajstić information content (AvgIpc) is 3.22. The Morgan fingerprint density at radius 2 is 1.80 bits per heavy atom. The van der Waals surface area contributed by atoms with Crippen LogP contribution in [0.5, 0.6) is 0 Å². The molecule has 150 valence electrons. The molecule has 0 unspecified atom stereocenters. The summed E-state index contributed by atoms with van der Waals surface area (Å²) in [5, 5.41) is 4.04. The molecule has 0 aliphatic carbocycles. The van der Waals surface area contributed by atoms with Gasteiger partial charge in [-0.15, -0.1) is 0 Å². The molecule has 0 aliphatic rings. The number of hydrogen-bond acceptors (Lipinski definition) is 3. The van der Waals surface area contributed by atoms with Crippen molar-refractivity contribution in [1.82, 2.24) is 15.3 Å². The monoisotopic (exact) mass is 398 g/mol. The van der Waals surface area contributed by atoms with Crippen molar-refractivity contribution in [3.05, 3.63) is 95.9 Å². The number of anilines is 1. The highest BCUT2D eigenvalue weighted by atomic mass is 16.2. The predicted octanol–water partition coefficient (Wildman–Crippen LogP) is 3.81. The first-order valence-corrected chi connectivity index (χ1v) is 9.76. The normalized spacial score (nSPS) is 10.7. The van der Waals surface area contributed by atoms with Crippen molar-refractivity contribution in [3.63, 3.8) is 0 Å². The van der Waals surface area contributed by atoms with Crippen LogP contribution in [0, 0.1) is 0 Å². The van der Waals surface area contributed by atoms with Crippen LogP contribution in [0.25, 0.3) is 10.9 Å². The number of nitrogens with one attached hydrogen (secondary N) is 2. The van der Waals surface area contributed by atoms with Crippen molar-refractivity contribution < 1.29 is 9.59 Å². The van der Waals surface area contributed by atoms with Gasteiger partial charge in [-0.3, -0.25) is 14.6 Å². The first-order chi connectivity index (χ1) is 14.6. The Bertz CT molecular complexity index is 1180. The van der Waals surface area contributed by atoms with Crippen molar-refractivity contribution in [2.24, 2.45) is 0 Å². The van der Waals surface area contributed by atoms with Crippen LogP contribution in [0.4, 0.5) is 5.69 Å². The Hall–Kier alpha value is -3.93. The van der Waals surface area contributed by atoms with Crippen LogP contribution in [0.3, 0.4) is 0 Å². The zero-order valence-corrected chi connectivity index (χ0v) is 16.6. The zero-order valence-electron chi connectivity index (χ0n) is 16.6. The molecule has 2 aromatic heterocycles. The van der Waals surface area contributed by atoms with Crippen molar-refractivity contribution in [3.8, 4) is 0 Å². The van der Waals surface area contributed by atoms with E-state index < -0.39 is 0 Å². The Labute approximate surface area is 174 Å². The highest BCUT2D eigenvalue weighted by molar-refractivity contribution is 6.07. The fourth-order valence-electron chi connectivity index (χ4n) is 3.39. The number of carbonyl (C=O) groups is 2. The lowest BCUT2D eigenvalue weighted by molar-refractivity contribution is 0.0949. The topological polar surface area (TPSA) is 78.1 Å². The van der Waals surface area contributed by atoms with E-state index in [9.17, 15) is 9.59 Å². The molecule has 30 heavy (non-hydrogen) atoms. The molecule has 0 saturated carbocycles. The third kappa shape index (κ3) is 4.07. The maximum Gasteiger partial charge on any atom is 0.269 e. The minimum Gasteiger partial charge on any atom is -0.361 e. The molecule has 4 aromatic rings. The third-order valence-electron chi connectivity index (χ3n) is 5.04. The van der Waals surface area contributed by atoms with Gasteiger partial charge in [-0.1, -0.05) is 36.4 Å². The highest BCUT2D eigenvalue weighted by Crippen LogP contribution is 2.18. The quantitative estimate of drug-likeness (QED) is 0.518. The van der Waals surface area contributed by atoms with Gasteiger partial charge in [0.05, 0.1) is 0 Å². The van der Waals surface area contributed by atoms with E-state index in [2.05, 4.69) is 21.4 Å². The molecule has 0 atom stereocenters. The van der Waals surface area contributed by atoms with Crippen molar-refractivity contribution >= 4 is 28.4 Å². The van der Waals surface area contributed by atoms with Crippen molar-refractivity contribution in [2.75, 3.05) is 18.5 Å². The molecular weight excluding hydrogens is 376 g/mol. The lowest BCUT2D eigenvalue weighted by atomic mass is 10.1. The van der Waals surface area contributed by atoms with E-state index in [0.717, 1.165) is 22.2 Å². The smallest absolute Gasteiger partial charge is 0.269 e. The maximum atomic E-state index is 12.8. The molecule has 6 heteroatoms. The number of amides is 2. The highest BCUT2D eigenvalue weighted by Gasteiger charge is 2.16. The summed E-state index contributed by atoms with van der Waals surface area (Å²) < 4.78 is 0. The second kappa shape index (κ2) is 8.61. The molecule has 0 saturated heterocycles. The van der Waals surface area contributed by atoms with E-state index in [1.165, 1.54) is 12.3 Å². The van der Waals surface area contributed by atoms with E-state index in [4.69, 9.17) is 0 Å². The second-order valence-corrected chi connectivity index (χ2v) is 6.99. The van der Waals surface area contributed by atoms with Gasteiger partial charge >= 0.3 is 0 Å². The molecule has 0 bridgehead atoms. The summed E-state index contributed by atoms with van der Waals surface area (Å²) in [6.07, 6.45) is 4.15.